The summed E-state index contributed by atoms with van der Waals surface area (Å²) < 4.78 is 5.66. The van der Waals surface area contributed by atoms with Gasteiger partial charge in [-0.25, -0.2) is 4.98 Å². The van der Waals surface area contributed by atoms with Gasteiger partial charge in [-0.3, -0.25) is 9.78 Å². The SMILES string of the molecule is N#CCCCOc1cccc(NC(=O)c2cc(-c3ccncc3)nc3ccccc23)c1. The van der Waals surface area contributed by atoms with Gasteiger partial charge in [0.2, 0.25) is 0 Å². The first-order chi connectivity index (χ1) is 15.2. The topological polar surface area (TPSA) is 87.9 Å². The highest BCUT2D eigenvalue weighted by atomic mass is 16.5. The van der Waals surface area contributed by atoms with Crippen LogP contribution >= 0.6 is 0 Å². The fourth-order valence-corrected chi connectivity index (χ4v) is 3.24. The van der Waals surface area contributed by atoms with E-state index < -0.39 is 0 Å². The van der Waals surface area contributed by atoms with Gasteiger partial charge in [0.15, 0.2) is 0 Å². The monoisotopic (exact) mass is 408 g/mol. The third kappa shape index (κ3) is 4.85. The minimum Gasteiger partial charge on any atom is -0.493 e. The zero-order valence-corrected chi connectivity index (χ0v) is 16.8. The highest BCUT2D eigenvalue weighted by Crippen LogP contribution is 2.26. The van der Waals surface area contributed by atoms with Crippen molar-refractivity contribution < 1.29 is 9.53 Å². The van der Waals surface area contributed by atoms with Gasteiger partial charge in [-0.15, -0.1) is 0 Å². The van der Waals surface area contributed by atoms with Crippen molar-refractivity contribution in [3.8, 4) is 23.1 Å². The maximum Gasteiger partial charge on any atom is 0.256 e. The van der Waals surface area contributed by atoms with Crippen LogP contribution in [-0.2, 0) is 0 Å². The van der Waals surface area contributed by atoms with Gasteiger partial charge in [-0.05, 0) is 42.8 Å². The van der Waals surface area contributed by atoms with Crippen LogP contribution in [0.1, 0.15) is 23.2 Å². The van der Waals surface area contributed by atoms with Gasteiger partial charge in [0.05, 0.1) is 29.5 Å². The van der Waals surface area contributed by atoms with E-state index in [1.807, 2.05) is 54.6 Å². The summed E-state index contributed by atoms with van der Waals surface area (Å²) in [6, 6.07) is 22.4. The summed E-state index contributed by atoms with van der Waals surface area (Å²) in [6.45, 7) is 0.454. The molecule has 1 amide bonds. The number of carbonyl (C=O) groups excluding carboxylic acids is 1. The summed E-state index contributed by atoms with van der Waals surface area (Å²) >= 11 is 0. The van der Waals surface area contributed by atoms with Gasteiger partial charge < -0.3 is 10.1 Å². The molecule has 0 saturated carbocycles. The second kappa shape index (κ2) is 9.51. The number of aromatic nitrogens is 2. The third-order valence-corrected chi connectivity index (χ3v) is 4.73. The number of pyridine rings is 2. The Morgan fingerprint density at radius 3 is 2.71 bits per heavy atom. The van der Waals surface area contributed by atoms with E-state index in [0.717, 1.165) is 16.5 Å². The van der Waals surface area contributed by atoms with Crippen molar-refractivity contribution in [1.29, 1.82) is 5.26 Å². The molecule has 0 radical (unpaired) electrons. The van der Waals surface area contributed by atoms with Crippen LogP contribution in [0, 0.1) is 11.3 Å². The minimum absolute atomic E-state index is 0.226. The molecule has 1 N–H and O–H groups in total. The third-order valence-electron chi connectivity index (χ3n) is 4.73. The Morgan fingerprint density at radius 2 is 1.87 bits per heavy atom. The van der Waals surface area contributed by atoms with E-state index in [1.54, 1.807) is 24.5 Å². The number of nitrogens with one attached hydrogen (secondary N) is 1. The molecule has 6 nitrogen and oxygen atoms in total. The maximum absolute atomic E-state index is 13.2. The van der Waals surface area contributed by atoms with E-state index in [4.69, 9.17) is 15.0 Å². The second-order valence-electron chi connectivity index (χ2n) is 6.90. The predicted octanol–water partition coefficient (Wildman–Crippen LogP) is 5.23. The molecule has 0 atom stereocenters. The number of nitrogens with zero attached hydrogens (tertiary/aromatic N) is 3. The van der Waals surface area contributed by atoms with Crippen molar-refractivity contribution in [2.45, 2.75) is 12.8 Å². The second-order valence-corrected chi connectivity index (χ2v) is 6.90. The lowest BCUT2D eigenvalue weighted by atomic mass is 10.0. The number of unbranched alkanes of at least 4 members (excludes halogenated alkanes) is 1. The minimum atomic E-state index is -0.226. The summed E-state index contributed by atoms with van der Waals surface area (Å²) in [6.07, 6.45) is 4.52. The lowest BCUT2D eigenvalue weighted by molar-refractivity contribution is 0.102. The van der Waals surface area contributed by atoms with Crippen LogP contribution in [0.4, 0.5) is 5.69 Å². The van der Waals surface area contributed by atoms with E-state index in [0.29, 0.717) is 42.1 Å². The van der Waals surface area contributed by atoms with Crippen molar-refractivity contribution in [2.24, 2.45) is 0 Å². The highest BCUT2D eigenvalue weighted by molar-refractivity contribution is 6.13. The number of rotatable bonds is 7. The van der Waals surface area contributed by atoms with Gasteiger partial charge in [0, 0.05) is 41.5 Å². The van der Waals surface area contributed by atoms with E-state index >= 15 is 0 Å². The normalized spacial score (nSPS) is 10.4. The van der Waals surface area contributed by atoms with Crippen molar-refractivity contribution in [3.05, 3.63) is 84.7 Å². The molecule has 2 aromatic carbocycles. The first-order valence-electron chi connectivity index (χ1n) is 9.96. The number of anilines is 1. The van der Waals surface area contributed by atoms with E-state index in [1.165, 1.54) is 0 Å². The number of carbonyl (C=O) groups is 1. The van der Waals surface area contributed by atoms with E-state index in [2.05, 4.69) is 16.4 Å². The summed E-state index contributed by atoms with van der Waals surface area (Å²) in [7, 11) is 0. The largest absolute Gasteiger partial charge is 0.493 e. The molecule has 152 valence electrons. The number of ether oxygens (including phenoxy) is 1. The number of hydrogen-bond donors (Lipinski definition) is 1. The molecule has 31 heavy (non-hydrogen) atoms. The van der Waals surface area contributed by atoms with Crippen LogP contribution in [0.15, 0.2) is 79.1 Å². The number of amides is 1. The number of nitriles is 1. The highest BCUT2D eigenvalue weighted by Gasteiger charge is 2.14. The average molecular weight is 408 g/mol. The zero-order valence-electron chi connectivity index (χ0n) is 16.8. The van der Waals surface area contributed by atoms with Crippen LogP contribution in [-0.4, -0.2) is 22.5 Å². The average Bonchev–Trinajstić information content (AvgIpc) is 2.82. The molecule has 0 aliphatic rings. The Kier molecular flexibility index (Phi) is 6.15. The van der Waals surface area contributed by atoms with Gasteiger partial charge in [0.1, 0.15) is 5.75 Å². The van der Waals surface area contributed by atoms with E-state index in [-0.39, 0.29) is 5.91 Å². The first kappa shape index (κ1) is 20.0. The fraction of sp³-hybridized carbons (Fsp3) is 0.120. The van der Waals surface area contributed by atoms with Crippen molar-refractivity contribution in [1.82, 2.24) is 9.97 Å². The molecule has 0 unspecified atom stereocenters. The number of benzene rings is 2. The van der Waals surface area contributed by atoms with Crippen LogP contribution in [0.2, 0.25) is 0 Å². The maximum atomic E-state index is 13.2. The summed E-state index contributed by atoms with van der Waals surface area (Å²) in [5.41, 5.74) is 3.52. The van der Waals surface area contributed by atoms with Crippen molar-refractivity contribution in [2.75, 3.05) is 11.9 Å². The molecule has 0 spiro atoms. The summed E-state index contributed by atoms with van der Waals surface area (Å²) in [4.78, 5) is 22.0. The van der Waals surface area contributed by atoms with Crippen LogP contribution in [0.5, 0.6) is 5.75 Å². The van der Waals surface area contributed by atoms with Crippen molar-refractivity contribution in [3.63, 3.8) is 0 Å². The van der Waals surface area contributed by atoms with Crippen LogP contribution < -0.4 is 10.1 Å². The quantitative estimate of drug-likeness (QED) is 0.423. The molecule has 4 aromatic rings. The van der Waals surface area contributed by atoms with Gasteiger partial charge in [-0.2, -0.15) is 5.26 Å². The molecule has 0 aliphatic carbocycles. The molecule has 2 heterocycles. The lowest BCUT2D eigenvalue weighted by Crippen LogP contribution is -2.13. The molecule has 0 saturated heterocycles. The lowest BCUT2D eigenvalue weighted by Gasteiger charge is -2.12. The Labute approximate surface area is 180 Å². The van der Waals surface area contributed by atoms with Crippen molar-refractivity contribution >= 4 is 22.5 Å². The molecule has 0 bridgehead atoms. The molecule has 4 rings (SSSR count). The number of hydrogen-bond acceptors (Lipinski definition) is 5. The van der Waals surface area contributed by atoms with Crippen LogP contribution in [0.25, 0.3) is 22.2 Å². The Hall–Kier alpha value is -4.24. The molecule has 0 fully saturated rings. The smallest absolute Gasteiger partial charge is 0.256 e. The van der Waals surface area contributed by atoms with Gasteiger partial charge >= 0.3 is 0 Å². The Morgan fingerprint density at radius 1 is 1.03 bits per heavy atom. The molecule has 2 aromatic heterocycles. The number of para-hydroxylation sites is 1. The van der Waals surface area contributed by atoms with Gasteiger partial charge in [-0.1, -0.05) is 24.3 Å². The molecule has 6 heteroatoms. The van der Waals surface area contributed by atoms with E-state index in [9.17, 15) is 4.79 Å². The molecule has 0 aliphatic heterocycles. The summed E-state index contributed by atoms with van der Waals surface area (Å²) in [5, 5.41) is 12.4. The van der Waals surface area contributed by atoms with Crippen LogP contribution in [0.3, 0.4) is 0 Å². The standard InChI is InChI=1S/C25H20N4O2/c26-12-3-4-15-31-20-7-5-6-19(16-20)28-25(30)22-17-24(18-10-13-27-14-11-18)29-23-9-2-1-8-21(22)23/h1-2,5-11,13-14,16-17H,3-4,15H2,(H,28,30). The zero-order chi connectivity index (χ0) is 21.5. The fourth-order valence-electron chi connectivity index (χ4n) is 3.24. The Bertz CT molecular complexity index is 1250. The number of fused-ring (bicyclic) bond motifs is 1. The molecular formula is C25H20N4O2. The summed E-state index contributed by atoms with van der Waals surface area (Å²) in [5.74, 6) is 0.420. The Balaban J connectivity index is 1.61. The molecular weight excluding hydrogens is 388 g/mol. The predicted molar refractivity (Wildman–Crippen MR) is 120 cm³/mol. The van der Waals surface area contributed by atoms with Gasteiger partial charge in [0.25, 0.3) is 5.91 Å². The first-order valence-corrected chi connectivity index (χ1v) is 9.96.